The number of allylic oxidation sites excluding steroid dienone is 1. The molecule has 4 N–H and O–H groups in total. The van der Waals surface area contributed by atoms with Gasteiger partial charge in [-0.3, -0.25) is 4.79 Å². The molecule has 0 radical (unpaired) electrons. The number of hydrogen-bond acceptors (Lipinski definition) is 12. The summed E-state index contributed by atoms with van der Waals surface area (Å²) in [6.45, 7) is 6.20. The number of benzene rings is 1. The first-order valence-corrected chi connectivity index (χ1v) is 21.3. The Balaban J connectivity index is 1.27. The van der Waals surface area contributed by atoms with Gasteiger partial charge in [-0.2, -0.15) is 0 Å². The highest BCUT2D eigenvalue weighted by atomic mass is 33.1. The molecule has 1 spiro atoms. The van der Waals surface area contributed by atoms with Crippen LogP contribution in [0.2, 0.25) is 0 Å². The molecule has 0 unspecified atom stereocenters. The zero-order chi connectivity index (χ0) is 37.9. The Labute approximate surface area is 322 Å². The number of nitrogens with two attached hydrogens (primary N) is 1. The van der Waals surface area contributed by atoms with Gasteiger partial charge in [-0.25, -0.2) is 14.6 Å². The van der Waals surface area contributed by atoms with E-state index in [1.165, 1.54) is 0 Å². The Kier molecular flexibility index (Phi) is 9.89. The Morgan fingerprint density at radius 2 is 2.06 bits per heavy atom. The topological polar surface area (TPSA) is 157 Å². The summed E-state index contributed by atoms with van der Waals surface area (Å²) in [6.07, 6.45) is 9.56. The molecule has 2 fully saturated rings. The SMILES string of the molecule is C/C=C(\C)C(=O)O[C@]1(C)CC=C2CSS[C@@H]3CC[C@H](NC)[C@H]4CN(C(=O)Cc5cnc(N)cc5[C@H]2[C@]12Cc1cc5cc(CCCO)c(=O)oc5cc1O2)[C@@H]43. The van der Waals surface area contributed by atoms with Crippen molar-refractivity contribution < 1.29 is 28.6 Å². The number of nitrogen functional groups attached to an aromatic ring is 1. The molecule has 5 aliphatic rings. The first kappa shape index (κ1) is 37.2. The molecule has 1 aromatic carbocycles. The normalized spacial score (nSPS) is 30.5. The molecule has 13 heteroatoms. The second-order valence-corrected chi connectivity index (χ2v) is 18.2. The first-order valence-electron chi connectivity index (χ1n) is 18.9. The smallest absolute Gasteiger partial charge is 0.339 e. The van der Waals surface area contributed by atoms with E-state index in [1.54, 1.807) is 25.3 Å². The van der Waals surface area contributed by atoms with Crippen LogP contribution in [0.4, 0.5) is 5.82 Å². The minimum absolute atomic E-state index is 0.0280. The Bertz CT molecular complexity index is 2140. The summed E-state index contributed by atoms with van der Waals surface area (Å²) < 4.78 is 19.6. The fourth-order valence-electron chi connectivity index (χ4n) is 9.47. The zero-order valence-corrected chi connectivity index (χ0v) is 32.8. The van der Waals surface area contributed by atoms with Gasteiger partial charge >= 0.3 is 11.6 Å². The van der Waals surface area contributed by atoms with Crippen LogP contribution in [-0.4, -0.2) is 81.4 Å². The lowest BCUT2D eigenvalue weighted by Crippen LogP contribution is -2.69. The van der Waals surface area contributed by atoms with E-state index in [0.29, 0.717) is 76.9 Å². The van der Waals surface area contributed by atoms with Crippen LogP contribution in [-0.2, 0) is 33.6 Å². The van der Waals surface area contributed by atoms with Crippen molar-refractivity contribution in [2.24, 2.45) is 5.92 Å². The van der Waals surface area contributed by atoms with Gasteiger partial charge in [0.05, 0.1) is 18.4 Å². The zero-order valence-electron chi connectivity index (χ0n) is 31.2. The lowest BCUT2D eigenvalue weighted by atomic mass is 9.61. The predicted octanol–water partition coefficient (Wildman–Crippen LogP) is 5.27. The Morgan fingerprint density at radius 1 is 1.22 bits per heavy atom. The number of pyridine rings is 1. The number of ether oxygens (including phenoxy) is 2. The standard InChI is InChI=1S/C41H48N4O7S2/c1-5-22(2)38(48)52-40(3)11-10-24-21-53-54-33-9-8-30(43-4)29-20-45(37(29)33)35(47)15-27-19-44-34(42)16-28(27)36(24)41(40)18-26-14-25-13-23(7-6-12-46)39(49)50-31(25)17-32(26)51-41/h5,10,13-14,16-17,19,29-30,33,36-37,43,46H,6-9,11-12,15,18,20-21H2,1-4H3,(H2,42,44)/b22-5+/t29-,30+,33-,36+,37+,40-,41-/m1/s1. The van der Waals surface area contributed by atoms with Crippen molar-refractivity contribution in [3.8, 4) is 5.75 Å². The molecule has 11 nitrogen and oxygen atoms in total. The van der Waals surface area contributed by atoms with Crippen molar-refractivity contribution in [1.82, 2.24) is 15.2 Å². The van der Waals surface area contributed by atoms with E-state index in [0.717, 1.165) is 47.0 Å². The number of anilines is 1. The predicted molar refractivity (Wildman–Crippen MR) is 212 cm³/mol. The molecule has 3 aliphatic heterocycles. The van der Waals surface area contributed by atoms with Crippen molar-refractivity contribution in [2.75, 3.05) is 31.7 Å². The summed E-state index contributed by atoms with van der Waals surface area (Å²) in [5.41, 5.74) is 8.68. The molecule has 54 heavy (non-hydrogen) atoms. The number of nitrogens with one attached hydrogen (secondary N) is 1. The molecule has 0 bridgehead atoms. The van der Waals surface area contributed by atoms with E-state index in [1.807, 2.05) is 60.7 Å². The lowest BCUT2D eigenvalue weighted by Gasteiger charge is -2.57. The molecule has 2 aromatic heterocycles. The van der Waals surface area contributed by atoms with E-state index in [9.17, 15) is 19.5 Å². The van der Waals surface area contributed by atoms with Crippen LogP contribution >= 0.6 is 21.6 Å². The van der Waals surface area contributed by atoms with Crippen molar-refractivity contribution >= 4 is 50.3 Å². The third kappa shape index (κ3) is 6.15. The average Bonchev–Trinajstić information content (AvgIpc) is 3.51. The molecule has 1 amide bonds. The number of carbonyl (C=O) groups excluding carboxylic acids is 2. The van der Waals surface area contributed by atoms with Crippen molar-refractivity contribution in [1.29, 1.82) is 0 Å². The summed E-state index contributed by atoms with van der Waals surface area (Å²) in [5, 5.41) is 14.0. The molecule has 1 saturated carbocycles. The molecule has 3 aromatic rings. The number of esters is 1. The lowest BCUT2D eigenvalue weighted by molar-refractivity contribution is -0.183. The molecule has 8 rings (SSSR count). The highest BCUT2D eigenvalue weighted by Crippen LogP contribution is 2.59. The van der Waals surface area contributed by atoms with E-state index < -0.39 is 28.7 Å². The molecule has 5 heterocycles. The van der Waals surface area contributed by atoms with Gasteiger partial charge in [0.15, 0.2) is 11.2 Å². The maximum Gasteiger partial charge on any atom is 0.339 e. The molecular weight excluding hydrogens is 725 g/mol. The number of hydrogen-bond donors (Lipinski definition) is 3. The number of carbonyl (C=O) groups is 2. The quantitative estimate of drug-likeness (QED) is 0.0983. The molecule has 286 valence electrons. The fraction of sp³-hybridized carbons (Fsp3) is 0.512. The average molecular weight is 773 g/mol. The van der Waals surface area contributed by atoms with Crippen molar-refractivity contribution in [3.63, 3.8) is 0 Å². The highest BCUT2D eigenvalue weighted by Gasteiger charge is 2.64. The monoisotopic (exact) mass is 772 g/mol. The number of aliphatic hydroxyl groups is 1. The van der Waals surface area contributed by atoms with Gasteiger partial charge in [0.25, 0.3) is 0 Å². The minimum atomic E-state index is -1.17. The minimum Gasteiger partial charge on any atom is -0.481 e. The van der Waals surface area contributed by atoms with Gasteiger partial charge in [0.2, 0.25) is 5.91 Å². The highest BCUT2D eigenvalue weighted by molar-refractivity contribution is 8.77. The van der Waals surface area contributed by atoms with Crippen LogP contribution < -0.4 is 21.4 Å². The van der Waals surface area contributed by atoms with Crippen LogP contribution in [0.15, 0.2) is 63.0 Å². The van der Waals surface area contributed by atoms with Gasteiger partial charge in [0.1, 0.15) is 17.2 Å². The van der Waals surface area contributed by atoms with Crippen LogP contribution in [0.1, 0.15) is 74.6 Å². The van der Waals surface area contributed by atoms with Crippen LogP contribution in [0.5, 0.6) is 5.75 Å². The molecular formula is C41H48N4O7S2. The number of aryl methyl sites for hydroxylation is 1. The third-order valence-corrected chi connectivity index (χ3v) is 15.4. The van der Waals surface area contributed by atoms with Gasteiger partial charge < -0.3 is 34.9 Å². The maximum absolute atomic E-state index is 14.3. The van der Waals surface area contributed by atoms with Gasteiger partial charge in [-0.05, 0) is 88.4 Å². The van der Waals surface area contributed by atoms with Crippen LogP contribution in [0.3, 0.4) is 0 Å². The number of amides is 1. The summed E-state index contributed by atoms with van der Waals surface area (Å²) in [7, 11) is 5.72. The second kappa shape index (κ2) is 14.4. The molecule has 1 saturated heterocycles. The Morgan fingerprint density at radius 3 is 2.83 bits per heavy atom. The first-order chi connectivity index (χ1) is 26.0. The van der Waals surface area contributed by atoms with E-state index in [2.05, 4.69) is 21.3 Å². The summed E-state index contributed by atoms with van der Waals surface area (Å²) in [4.78, 5) is 47.6. The number of aromatic nitrogens is 1. The number of fused-ring (bicyclic) bond motifs is 6. The fourth-order valence-corrected chi connectivity index (χ4v) is 12.6. The van der Waals surface area contributed by atoms with E-state index in [-0.39, 0.29) is 25.0 Å². The number of rotatable bonds is 6. The third-order valence-electron chi connectivity index (χ3n) is 12.6. The van der Waals surface area contributed by atoms with Gasteiger partial charge in [-0.15, -0.1) is 0 Å². The summed E-state index contributed by atoms with van der Waals surface area (Å²) in [6, 6.07) is 8.04. The van der Waals surface area contributed by atoms with Gasteiger partial charge in [-0.1, -0.05) is 39.3 Å². The molecule has 7 atom stereocenters. The number of aliphatic hydroxyl groups excluding tert-OH is 1. The van der Waals surface area contributed by atoms with Crippen molar-refractivity contribution in [3.05, 3.63) is 86.4 Å². The van der Waals surface area contributed by atoms with Gasteiger partial charge in [0, 0.05) is 77.7 Å². The Hall–Kier alpha value is -3.78. The second-order valence-electron chi connectivity index (χ2n) is 15.6. The largest absolute Gasteiger partial charge is 0.481 e. The maximum atomic E-state index is 14.3. The molecule has 2 aliphatic carbocycles. The van der Waals surface area contributed by atoms with Crippen LogP contribution in [0.25, 0.3) is 11.0 Å². The van der Waals surface area contributed by atoms with E-state index >= 15 is 0 Å². The van der Waals surface area contributed by atoms with Crippen LogP contribution in [0, 0.1) is 5.92 Å². The van der Waals surface area contributed by atoms with Crippen molar-refractivity contribution in [2.45, 2.75) is 100 Å². The summed E-state index contributed by atoms with van der Waals surface area (Å²) >= 11 is 0. The van der Waals surface area contributed by atoms with E-state index in [4.69, 9.17) is 19.6 Å². The number of nitrogens with zero attached hydrogens (tertiary/aromatic N) is 2. The summed E-state index contributed by atoms with van der Waals surface area (Å²) in [5.74, 6) is 1.15.